The third kappa shape index (κ3) is 4.73. The van der Waals surface area contributed by atoms with Gasteiger partial charge < -0.3 is 14.6 Å². The zero-order valence-corrected chi connectivity index (χ0v) is 11.0. The molecule has 0 saturated heterocycles. The van der Waals surface area contributed by atoms with Gasteiger partial charge in [0, 0.05) is 0 Å². The summed E-state index contributed by atoms with van der Waals surface area (Å²) in [6.45, 7) is 6.94. The summed E-state index contributed by atoms with van der Waals surface area (Å²) in [6, 6.07) is 0. The van der Waals surface area contributed by atoms with E-state index in [1.807, 2.05) is 6.92 Å². The Hall–Kier alpha value is -1.10. The van der Waals surface area contributed by atoms with Crippen LogP contribution in [-0.2, 0) is 19.1 Å². The van der Waals surface area contributed by atoms with Crippen molar-refractivity contribution in [3.63, 3.8) is 0 Å². The lowest BCUT2D eigenvalue weighted by molar-refractivity contribution is -0.173. The van der Waals surface area contributed by atoms with Gasteiger partial charge in [-0.05, 0) is 27.2 Å². The molecule has 0 aliphatic rings. The first-order chi connectivity index (χ1) is 7.90. The Kier molecular flexibility index (Phi) is 6.80. The highest BCUT2D eigenvalue weighted by Gasteiger charge is 2.44. The van der Waals surface area contributed by atoms with Crippen LogP contribution in [0.4, 0.5) is 0 Å². The van der Waals surface area contributed by atoms with E-state index in [0.717, 1.165) is 0 Å². The van der Waals surface area contributed by atoms with E-state index in [0.29, 0.717) is 12.8 Å². The van der Waals surface area contributed by atoms with Crippen molar-refractivity contribution in [2.45, 2.75) is 46.1 Å². The van der Waals surface area contributed by atoms with Gasteiger partial charge in [0.05, 0.1) is 18.8 Å². The van der Waals surface area contributed by atoms with Crippen LogP contribution in [0.15, 0.2) is 0 Å². The van der Waals surface area contributed by atoms with Crippen molar-refractivity contribution in [1.82, 2.24) is 0 Å². The molecule has 0 radical (unpaired) electrons. The molecule has 0 fully saturated rings. The topological polar surface area (TPSA) is 72.8 Å². The van der Waals surface area contributed by atoms with Crippen LogP contribution in [0.3, 0.4) is 0 Å². The molecule has 1 N–H and O–H groups in total. The van der Waals surface area contributed by atoms with Gasteiger partial charge in [0.1, 0.15) is 0 Å². The number of hydrogen-bond donors (Lipinski definition) is 1. The molecule has 0 amide bonds. The van der Waals surface area contributed by atoms with E-state index in [1.54, 1.807) is 13.8 Å². The maximum Gasteiger partial charge on any atom is 0.323 e. The molecule has 0 bridgehead atoms. The number of hydrogen-bond acceptors (Lipinski definition) is 5. The van der Waals surface area contributed by atoms with Crippen LogP contribution in [0.2, 0.25) is 0 Å². The number of carbonyl (C=O) groups is 2. The molecule has 17 heavy (non-hydrogen) atoms. The number of carbonyl (C=O) groups excluding carboxylic acids is 2. The minimum atomic E-state index is -1.44. The SMILES string of the molecule is CCCC(C)(O)C(C(=O)OCC)C(=O)OCC. The normalized spacial score (nSPS) is 14.2. The summed E-state index contributed by atoms with van der Waals surface area (Å²) in [6.07, 6.45) is 0.984. The summed E-state index contributed by atoms with van der Waals surface area (Å²) < 4.78 is 9.61. The minimum Gasteiger partial charge on any atom is -0.465 e. The molecule has 0 spiro atoms. The molecule has 5 nitrogen and oxygen atoms in total. The molecular formula is C12H22O5. The van der Waals surface area contributed by atoms with Gasteiger partial charge >= 0.3 is 11.9 Å². The predicted molar refractivity (Wildman–Crippen MR) is 62.3 cm³/mol. The number of rotatable bonds is 7. The molecule has 0 heterocycles. The van der Waals surface area contributed by atoms with Crippen molar-refractivity contribution in [3.8, 4) is 0 Å². The van der Waals surface area contributed by atoms with Crippen molar-refractivity contribution in [2.75, 3.05) is 13.2 Å². The average Bonchev–Trinajstić information content (AvgIpc) is 2.17. The van der Waals surface area contributed by atoms with Gasteiger partial charge in [0.2, 0.25) is 0 Å². The summed E-state index contributed by atoms with van der Waals surface area (Å²) in [5, 5.41) is 10.2. The van der Waals surface area contributed by atoms with Crippen molar-refractivity contribution in [2.24, 2.45) is 5.92 Å². The standard InChI is InChI=1S/C12H22O5/c1-5-8-12(4,15)9(10(13)16-6-2)11(14)17-7-3/h9,15H,5-8H2,1-4H3. The van der Waals surface area contributed by atoms with Crippen LogP contribution in [0.25, 0.3) is 0 Å². The Morgan fingerprint density at radius 2 is 1.53 bits per heavy atom. The van der Waals surface area contributed by atoms with Crippen molar-refractivity contribution in [3.05, 3.63) is 0 Å². The van der Waals surface area contributed by atoms with Crippen LogP contribution in [0.1, 0.15) is 40.5 Å². The molecule has 0 aromatic carbocycles. The van der Waals surface area contributed by atoms with Gasteiger partial charge in [-0.2, -0.15) is 0 Å². The lowest BCUT2D eigenvalue weighted by Gasteiger charge is -2.29. The predicted octanol–water partition coefficient (Wildman–Crippen LogP) is 1.28. The Bertz CT molecular complexity index is 242. The Labute approximate surface area is 102 Å². The van der Waals surface area contributed by atoms with E-state index < -0.39 is 23.5 Å². The van der Waals surface area contributed by atoms with Crippen LogP contribution >= 0.6 is 0 Å². The second-order valence-electron chi connectivity index (χ2n) is 4.04. The molecular weight excluding hydrogens is 224 g/mol. The largest absolute Gasteiger partial charge is 0.465 e. The first kappa shape index (κ1) is 15.9. The smallest absolute Gasteiger partial charge is 0.323 e. The summed E-state index contributed by atoms with van der Waals surface area (Å²) in [5.74, 6) is -2.74. The molecule has 0 aromatic rings. The van der Waals surface area contributed by atoms with Gasteiger partial charge in [-0.15, -0.1) is 0 Å². The summed E-state index contributed by atoms with van der Waals surface area (Å²) in [7, 11) is 0. The second kappa shape index (κ2) is 7.27. The molecule has 100 valence electrons. The van der Waals surface area contributed by atoms with Gasteiger partial charge in [-0.3, -0.25) is 9.59 Å². The highest BCUT2D eigenvalue weighted by atomic mass is 16.6. The molecule has 5 heteroatoms. The zero-order valence-electron chi connectivity index (χ0n) is 11.0. The second-order valence-corrected chi connectivity index (χ2v) is 4.04. The fourth-order valence-corrected chi connectivity index (χ4v) is 1.71. The first-order valence-electron chi connectivity index (χ1n) is 5.96. The van der Waals surface area contributed by atoms with E-state index in [1.165, 1.54) is 6.92 Å². The van der Waals surface area contributed by atoms with Crippen molar-refractivity contribution < 1.29 is 24.2 Å². The van der Waals surface area contributed by atoms with E-state index in [9.17, 15) is 14.7 Å². The van der Waals surface area contributed by atoms with Crippen LogP contribution in [-0.4, -0.2) is 35.9 Å². The summed E-state index contributed by atoms with van der Waals surface area (Å²) >= 11 is 0. The van der Waals surface area contributed by atoms with Gasteiger partial charge in [0.25, 0.3) is 0 Å². The first-order valence-corrected chi connectivity index (χ1v) is 5.96. The monoisotopic (exact) mass is 246 g/mol. The van der Waals surface area contributed by atoms with E-state index in [2.05, 4.69) is 0 Å². The fourth-order valence-electron chi connectivity index (χ4n) is 1.71. The summed E-state index contributed by atoms with van der Waals surface area (Å²) in [5.41, 5.74) is -1.44. The Morgan fingerprint density at radius 1 is 1.12 bits per heavy atom. The van der Waals surface area contributed by atoms with Gasteiger partial charge in [-0.25, -0.2) is 0 Å². The maximum atomic E-state index is 11.7. The van der Waals surface area contributed by atoms with E-state index in [4.69, 9.17) is 9.47 Å². The van der Waals surface area contributed by atoms with Gasteiger partial charge in [0.15, 0.2) is 5.92 Å². The van der Waals surface area contributed by atoms with Crippen LogP contribution in [0.5, 0.6) is 0 Å². The molecule has 0 rings (SSSR count). The number of ether oxygens (including phenoxy) is 2. The van der Waals surface area contributed by atoms with Crippen molar-refractivity contribution in [1.29, 1.82) is 0 Å². The lowest BCUT2D eigenvalue weighted by Crippen LogP contribution is -2.46. The highest BCUT2D eigenvalue weighted by molar-refractivity contribution is 5.96. The molecule has 1 unspecified atom stereocenters. The molecule has 0 aromatic heterocycles. The van der Waals surface area contributed by atoms with Crippen LogP contribution < -0.4 is 0 Å². The molecule has 1 atom stereocenters. The Morgan fingerprint density at radius 3 is 1.82 bits per heavy atom. The average molecular weight is 246 g/mol. The van der Waals surface area contributed by atoms with Crippen molar-refractivity contribution >= 4 is 11.9 Å². The highest BCUT2D eigenvalue weighted by Crippen LogP contribution is 2.25. The Balaban J connectivity index is 4.95. The number of aliphatic hydroxyl groups is 1. The molecule has 0 saturated carbocycles. The lowest BCUT2D eigenvalue weighted by atomic mass is 9.85. The quantitative estimate of drug-likeness (QED) is 0.541. The number of esters is 2. The van der Waals surface area contributed by atoms with Crippen LogP contribution in [0, 0.1) is 5.92 Å². The fraction of sp³-hybridized carbons (Fsp3) is 0.833. The van der Waals surface area contributed by atoms with E-state index >= 15 is 0 Å². The third-order valence-electron chi connectivity index (χ3n) is 2.42. The zero-order chi connectivity index (χ0) is 13.5. The molecule has 0 aliphatic carbocycles. The van der Waals surface area contributed by atoms with Gasteiger partial charge in [-0.1, -0.05) is 13.3 Å². The maximum absolute atomic E-state index is 11.7. The minimum absolute atomic E-state index is 0.164. The van der Waals surface area contributed by atoms with E-state index in [-0.39, 0.29) is 13.2 Å². The summed E-state index contributed by atoms with van der Waals surface area (Å²) in [4.78, 5) is 23.4. The molecule has 0 aliphatic heterocycles. The third-order valence-corrected chi connectivity index (χ3v) is 2.42.